The van der Waals surface area contributed by atoms with Crippen molar-refractivity contribution in [3.8, 4) is 0 Å². The normalized spacial score (nSPS) is 12.0. The summed E-state index contributed by atoms with van der Waals surface area (Å²) in [6.07, 6.45) is 16.2. The second-order valence-electron chi connectivity index (χ2n) is 7.30. The summed E-state index contributed by atoms with van der Waals surface area (Å²) < 4.78 is 10.3. The first-order valence-electron chi connectivity index (χ1n) is 11.1. The molecule has 0 spiro atoms. The molecule has 160 valence electrons. The summed E-state index contributed by atoms with van der Waals surface area (Å²) in [6.45, 7) is 5.19. The standard InChI is InChI=1S/C22H41ClO4/c1-3-5-7-9-11-13-15-17-26-21(24)19-20(23)22(25)27-18-16-14-12-10-8-6-4-2/h20H,3-19H2,1-2H3. The minimum Gasteiger partial charge on any atom is -0.466 e. The highest BCUT2D eigenvalue weighted by Crippen LogP contribution is 2.10. The van der Waals surface area contributed by atoms with E-state index in [0.29, 0.717) is 13.2 Å². The lowest BCUT2D eigenvalue weighted by molar-refractivity contribution is -0.150. The molecule has 27 heavy (non-hydrogen) atoms. The summed E-state index contributed by atoms with van der Waals surface area (Å²) in [5.74, 6) is -0.940. The zero-order chi connectivity index (χ0) is 20.2. The zero-order valence-corrected chi connectivity index (χ0v) is 18.4. The van der Waals surface area contributed by atoms with E-state index in [1.165, 1.54) is 64.2 Å². The van der Waals surface area contributed by atoms with E-state index >= 15 is 0 Å². The van der Waals surface area contributed by atoms with Gasteiger partial charge in [-0.25, -0.2) is 0 Å². The van der Waals surface area contributed by atoms with Crippen molar-refractivity contribution >= 4 is 23.5 Å². The van der Waals surface area contributed by atoms with Crippen molar-refractivity contribution in [2.45, 2.75) is 116 Å². The summed E-state index contributed by atoms with van der Waals surface area (Å²) in [7, 11) is 0. The molecule has 0 saturated heterocycles. The van der Waals surface area contributed by atoms with Crippen molar-refractivity contribution in [3.63, 3.8) is 0 Å². The van der Waals surface area contributed by atoms with Crippen LogP contribution in [0.1, 0.15) is 110 Å². The van der Waals surface area contributed by atoms with E-state index in [-0.39, 0.29) is 6.42 Å². The van der Waals surface area contributed by atoms with Gasteiger partial charge in [0.2, 0.25) is 0 Å². The van der Waals surface area contributed by atoms with Crippen LogP contribution in [-0.4, -0.2) is 30.5 Å². The van der Waals surface area contributed by atoms with Crippen molar-refractivity contribution in [2.24, 2.45) is 0 Å². The highest BCUT2D eigenvalue weighted by Gasteiger charge is 2.21. The van der Waals surface area contributed by atoms with E-state index in [0.717, 1.165) is 25.7 Å². The van der Waals surface area contributed by atoms with Crippen molar-refractivity contribution < 1.29 is 19.1 Å². The average molecular weight is 405 g/mol. The van der Waals surface area contributed by atoms with Crippen LogP contribution in [0.3, 0.4) is 0 Å². The van der Waals surface area contributed by atoms with E-state index in [2.05, 4.69) is 13.8 Å². The minimum atomic E-state index is -0.948. The molecule has 4 nitrogen and oxygen atoms in total. The molecule has 0 saturated carbocycles. The molecular weight excluding hydrogens is 364 g/mol. The first kappa shape index (κ1) is 26.2. The fourth-order valence-corrected chi connectivity index (χ4v) is 3.05. The van der Waals surface area contributed by atoms with Crippen LogP contribution in [0, 0.1) is 0 Å². The van der Waals surface area contributed by atoms with Gasteiger partial charge in [-0.3, -0.25) is 9.59 Å². The predicted molar refractivity (Wildman–Crippen MR) is 112 cm³/mol. The van der Waals surface area contributed by atoms with Crippen molar-refractivity contribution in [1.29, 1.82) is 0 Å². The Morgan fingerprint density at radius 3 is 1.56 bits per heavy atom. The van der Waals surface area contributed by atoms with Crippen LogP contribution in [0.4, 0.5) is 0 Å². The first-order chi connectivity index (χ1) is 13.1. The van der Waals surface area contributed by atoms with E-state index in [4.69, 9.17) is 21.1 Å². The van der Waals surface area contributed by atoms with E-state index in [1.54, 1.807) is 0 Å². The number of halogens is 1. The topological polar surface area (TPSA) is 52.6 Å². The van der Waals surface area contributed by atoms with Crippen LogP contribution in [0.15, 0.2) is 0 Å². The summed E-state index contributed by atoms with van der Waals surface area (Å²) >= 11 is 5.96. The molecule has 0 radical (unpaired) electrons. The monoisotopic (exact) mass is 404 g/mol. The Balaban J connectivity index is 3.53. The molecule has 0 fully saturated rings. The molecule has 0 rings (SSSR count). The zero-order valence-electron chi connectivity index (χ0n) is 17.6. The van der Waals surface area contributed by atoms with Gasteiger partial charge >= 0.3 is 11.9 Å². The number of ether oxygens (including phenoxy) is 2. The van der Waals surface area contributed by atoms with Crippen molar-refractivity contribution in [2.75, 3.05) is 13.2 Å². The molecule has 0 aliphatic carbocycles. The molecule has 0 bridgehead atoms. The van der Waals surface area contributed by atoms with E-state index in [9.17, 15) is 9.59 Å². The minimum absolute atomic E-state index is 0.117. The SMILES string of the molecule is CCCCCCCCCOC(=O)CC(Cl)C(=O)OCCCCCCCCC. The molecule has 5 heteroatoms. The van der Waals surface area contributed by atoms with E-state index in [1.807, 2.05) is 0 Å². The maximum absolute atomic E-state index is 11.8. The predicted octanol–water partition coefficient (Wildman–Crippen LogP) is 6.57. The molecule has 1 unspecified atom stereocenters. The number of alkyl halides is 1. The highest BCUT2D eigenvalue weighted by atomic mass is 35.5. The lowest BCUT2D eigenvalue weighted by Crippen LogP contribution is -2.23. The second-order valence-corrected chi connectivity index (χ2v) is 7.83. The lowest BCUT2D eigenvalue weighted by Gasteiger charge is -2.10. The number of hydrogen-bond acceptors (Lipinski definition) is 4. The average Bonchev–Trinajstić information content (AvgIpc) is 2.65. The largest absolute Gasteiger partial charge is 0.466 e. The Labute approximate surface area is 171 Å². The van der Waals surface area contributed by atoms with Gasteiger partial charge in [0.25, 0.3) is 0 Å². The van der Waals surface area contributed by atoms with Crippen LogP contribution in [0.25, 0.3) is 0 Å². The first-order valence-corrected chi connectivity index (χ1v) is 11.5. The molecule has 0 aromatic heterocycles. The molecule has 0 aromatic rings. The van der Waals surface area contributed by atoms with Crippen LogP contribution in [0.5, 0.6) is 0 Å². The number of unbranched alkanes of at least 4 members (excludes halogenated alkanes) is 12. The van der Waals surface area contributed by atoms with E-state index < -0.39 is 17.3 Å². The van der Waals surface area contributed by atoms with Crippen LogP contribution >= 0.6 is 11.6 Å². The number of carbonyl (C=O) groups is 2. The molecule has 0 heterocycles. The van der Waals surface area contributed by atoms with Gasteiger partial charge in [-0.1, -0.05) is 90.9 Å². The summed E-state index contributed by atoms with van der Waals surface area (Å²) in [4.78, 5) is 23.5. The van der Waals surface area contributed by atoms with Gasteiger partial charge in [-0.15, -0.1) is 11.6 Å². The number of esters is 2. The number of hydrogen-bond donors (Lipinski definition) is 0. The lowest BCUT2D eigenvalue weighted by atomic mass is 10.1. The van der Waals surface area contributed by atoms with Crippen LogP contribution in [0.2, 0.25) is 0 Å². The maximum atomic E-state index is 11.8. The summed E-state index contributed by atoms with van der Waals surface area (Å²) in [5.41, 5.74) is 0. The van der Waals surface area contributed by atoms with Crippen LogP contribution in [-0.2, 0) is 19.1 Å². The van der Waals surface area contributed by atoms with Gasteiger partial charge in [0.1, 0.15) is 5.38 Å². The van der Waals surface area contributed by atoms with Gasteiger partial charge in [-0.05, 0) is 12.8 Å². The van der Waals surface area contributed by atoms with Gasteiger partial charge in [0.05, 0.1) is 19.6 Å². The molecular formula is C22H41ClO4. The fourth-order valence-electron chi connectivity index (χ4n) is 2.86. The van der Waals surface area contributed by atoms with Crippen LogP contribution < -0.4 is 0 Å². The Kier molecular flexibility index (Phi) is 19.4. The molecule has 0 aliphatic heterocycles. The molecule has 1 atom stereocenters. The second kappa shape index (κ2) is 20.0. The fraction of sp³-hybridized carbons (Fsp3) is 0.909. The smallest absolute Gasteiger partial charge is 0.324 e. The molecule has 0 aliphatic rings. The third kappa shape index (κ3) is 18.4. The summed E-state index contributed by atoms with van der Waals surface area (Å²) in [6, 6.07) is 0. The quantitative estimate of drug-likeness (QED) is 0.139. The summed E-state index contributed by atoms with van der Waals surface area (Å²) in [5, 5.41) is -0.948. The van der Waals surface area contributed by atoms with Gasteiger partial charge < -0.3 is 9.47 Å². The van der Waals surface area contributed by atoms with Gasteiger partial charge in [0.15, 0.2) is 0 Å². The maximum Gasteiger partial charge on any atom is 0.324 e. The Bertz CT molecular complexity index is 360. The number of rotatable bonds is 19. The molecule has 0 amide bonds. The number of carbonyl (C=O) groups excluding carboxylic acids is 2. The Morgan fingerprint density at radius 1 is 0.667 bits per heavy atom. The van der Waals surface area contributed by atoms with Gasteiger partial charge in [0, 0.05) is 0 Å². The molecule has 0 N–H and O–H groups in total. The third-order valence-corrected chi connectivity index (χ3v) is 4.94. The molecule has 0 aromatic carbocycles. The van der Waals surface area contributed by atoms with Gasteiger partial charge in [-0.2, -0.15) is 0 Å². The van der Waals surface area contributed by atoms with Crippen molar-refractivity contribution in [1.82, 2.24) is 0 Å². The Hall–Kier alpha value is -0.770. The highest BCUT2D eigenvalue weighted by molar-refractivity contribution is 6.30. The Morgan fingerprint density at radius 2 is 1.07 bits per heavy atom. The third-order valence-electron chi connectivity index (χ3n) is 4.60. The van der Waals surface area contributed by atoms with Crippen molar-refractivity contribution in [3.05, 3.63) is 0 Å².